The first-order chi connectivity index (χ1) is 11.0. The van der Waals surface area contributed by atoms with Gasteiger partial charge in [0.1, 0.15) is 0 Å². The van der Waals surface area contributed by atoms with Crippen LogP contribution in [0.25, 0.3) is 0 Å². The van der Waals surface area contributed by atoms with Crippen molar-refractivity contribution in [2.24, 2.45) is 0 Å². The SMILES string of the molecule is CCCN(C1CCS(=O)(=O)C1)S(=O)(=O)c1cccc(C(F)(F)F)c1. The van der Waals surface area contributed by atoms with Gasteiger partial charge in [0.05, 0.1) is 22.0 Å². The molecule has 0 N–H and O–H groups in total. The highest BCUT2D eigenvalue weighted by Crippen LogP contribution is 2.32. The first-order valence-electron chi connectivity index (χ1n) is 7.37. The van der Waals surface area contributed by atoms with Crippen LogP contribution in [0.15, 0.2) is 29.2 Å². The summed E-state index contributed by atoms with van der Waals surface area (Å²) in [6, 6.07) is 2.77. The molecular formula is C14H18F3NO4S2. The summed E-state index contributed by atoms with van der Waals surface area (Å²) >= 11 is 0. The number of rotatable bonds is 5. The molecule has 0 aliphatic carbocycles. The Balaban J connectivity index is 2.42. The Labute approximate surface area is 139 Å². The minimum atomic E-state index is -4.65. The molecule has 0 saturated carbocycles. The van der Waals surface area contributed by atoms with Gasteiger partial charge in [0.15, 0.2) is 9.84 Å². The molecule has 1 saturated heterocycles. The molecule has 2 rings (SSSR count). The lowest BCUT2D eigenvalue weighted by atomic mass is 10.2. The zero-order valence-corrected chi connectivity index (χ0v) is 14.6. The second-order valence-corrected chi connectivity index (χ2v) is 9.82. The highest BCUT2D eigenvalue weighted by atomic mass is 32.2. The van der Waals surface area contributed by atoms with Gasteiger partial charge in [-0.3, -0.25) is 0 Å². The number of hydrogen-bond acceptors (Lipinski definition) is 4. The predicted octanol–water partition coefficient (Wildman–Crippen LogP) is 2.29. The Bertz CT molecular complexity index is 804. The molecule has 1 fully saturated rings. The Morgan fingerprint density at radius 3 is 2.46 bits per heavy atom. The van der Waals surface area contributed by atoms with Gasteiger partial charge in [-0.1, -0.05) is 13.0 Å². The topological polar surface area (TPSA) is 71.5 Å². The van der Waals surface area contributed by atoms with Crippen molar-refractivity contribution in [3.05, 3.63) is 29.8 Å². The van der Waals surface area contributed by atoms with Crippen molar-refractivity contribution in [1.29, 1.82) is 0 Å². The lowest BCUT2D eigenvalue weighted by molar-refractivity contribution is -0.137. The van der Waals surface area contributed by atoms with Crippen LogP contribution in [0, 0.1) is 0 Å². The minimum absolute atomic E-state index is 0.0543. The van der Waals surface area contributed by atoms with E-state index in [0.29, 0.717) is 12.5 Å². The lowest BCUT2D eigenvalue weighted by Crippen LogP contribution is -2.41. The van der Waals surface area contributed by atoms with Crippen molar-refractivity contribution in [1.82, 2.24) is 4.31 Å². The molecule has 1 aliphatic heterocycles. The van der Waals surface area contributed by atoms with Crippen LogP contribution in [0.2, 0.25) is 0 Å². The zero-order valence-electron chi connectivity index (χ0n) is 13.0. The average molecular weight is 385 g/mol. The number of halogens is 3. The quantitative estimate of drug-likeness (QED) is 0.780. The van der Waals surface area contributed by atoms with Crippen molar-refractivity contribution in [3.8, 4) is 0 Å². The number of hydrogen-bond donors (Lipinski definition) is 0. The van der Waals surface area contributed by atoms with Gasteiger partial charge in [-0.2, -0.15) is 17.5 Å². The van der Waals surface area contributed by atoms with Crippen LogP contribution in [0.1, 0.15) is 25.3 Å². The van der Waals surface area contributed by atoms with Crippen LogP contribution >= 0.6 is 0 Å². The maximum atomic E-state index is 12.8. The van der Waals surface area contributed by atoms with Gasteiger partial charge >= 0.3 is 6.18 Å². The average Bonchev–Trinajstić information content (AvgIpc) is 2.83. The second-order valence-electron chi connectivity index (χ2n) is 5.70. The maximum absolute atomic E-state index is 12.8. The Morgan fingerprint density at radius 2 is 1.96 bits per heavy atom. The molecule has 0 radical (unpaired) electrons. The van der Waals surface area contributed by atoms with Gasteiger partial charge in [-0.25, -0.2) is 16.8 Å². The van der Waals surface area contributed by atoms with E-state index in [2.05, 4.69) is 0 Å². The van der Waals surface area contributed by atoms with Gasteiger partial charge in [0, 0.05) is 12.6 Å². The van der Waals surface area contributed by atoms with Crippen molar-refractivity contribution in [2.45, 2.75) is 36.9 Å². The lowest BCUT2D eigenvalue weighted by Gasteiger charge is -2.27. The molecule has 1 atom stereocenters. The molecule has 1 heterocycles. The summed E-state index contributed by atoms with van der Waals surface area (Å²) in [7, 11) is -7.53. The third-order valence-corrected chi connectivity index (χ3v) is 7.53. The van der Waals surface area contributed by atoms with Crippen LogP contribution in [-0.2, 0) is 26.0 Å². The number of sulfonamides is 1. The fourth-order valence-corrected chi connectivity index (χ4v) is 6.31. The van der Waals surface area contributed by atoms with Gasteiger partial charge in [-0.15, -0.1) is 0 Å². The summed E-state index contributed by atoms with van der Waals surface area (Å²) in [5.74, 6) is -0.415. The van der Waals surface area contributed by atoms with E-state index in [0.717, 1.165) is 22.5 Å². The fourth-order valence-electron chi connectivity index (χ4n) is 2.69. The Hall–Kier alpha value is -1.13. The Kier molecular flexibility index (Phi) is 5.31. The molecule has 0 aromatic heterocycles. The highest BCUT2D eigenvalue weighted by Gasteiger charge is 2.39. The molecule has 1 aromatic carbocycles. The van der Waals surface area contributed by atoms with Crippen LogP contribution in [0.5, 0.6) is 0 Å². The fraction of sp³-hybridized carbons (Fsp3) is 0.571. The molecular weight excluding hydrogens is 367 g/mol. The van der Waals surface area contributed by atoms with E-state index in [-0.39, 0.29) is 24.5 Å². The van der Waals surface area contributed by atoms with Crippen molar-refractivity contribution in [3.63, 3.8) is 0 Å². The monoisotopic (exact) mass is 385 g/mol. The van der Waals surface area contributed by atoms with E-state index in [1.165, 1.54) is 0 Å². The number of alkyl halides is 3. The van der Waals surface area contributed by atoms with E-state index in [4.69, 9.17) is 0 Å². The largest absolute Gasteiger partial charge is 0.416 e. The summed E-state index contributed by atoms with van der Waals surface area (Å²) in [5, 5.41) is 0. The van der Waals surface area contributed by atoms with Crippen LogP contribution in [-0.4, -0.2) is 45.2 Å². The molecule has 10 heteroatoms. The first kappa shape index (κ1) is 19.2. The molecule has 1 aromatic rings. The zero-order chi connectivity index (χ0) is 18.2. The van der Waals surface area contributed by atoms with E-state index in [9.17, 15) is 30.0 Å². The van der Waals surface area contributed by atoms with Gasteiger partial charge < -0.3 is 0 Å². The summed E-state index contributed by atoms with van der Waals surface area (Å²) < 4.78 is 88.3. The number of sulfone groups is 1. The smallest absolute Gasteiger partial charge is 0.229 e. The normalized spacial score (nSPS) is 21.3. The number of nitrogens with zero attached hydrogens (tertiary/aromatic N) is 1. The minimum Gasteiger partial charge on any atom is -0.229 e. The van der Waals surface area contributed by atoms with Crippen molar-refractivity contribution < 1.29 is 30.0 Å². The van der Waals surface area contributed by atoms with E-state index in [1.807, 2.05) is 0 Å². The number of benzene rings is 1. The summed E-state index contributed by atoms with van der Waals surface area (Å²) in [5.41, 5.74) is -1.06. The predicted molar refractivity (Wildman–Crippen MR) is 82.7 cm³/mol. The third kappa shape index (κ3) is 4.09. The molecule has 1 unspecified atom stereocenters. The molecule has 0 bridgehead atoms. The molecule has 5 nitrogen and oxygen atoms in total. The van der Waals surface area contributed by atoms with Gasteiger partial charge in [-0.05, 0) is 31.0 Å². The molecule has 1 aliphatic rings. The van der Waals surface area contributed by atoms with Crippen LogP contribution in [0.4, 0.5) is 13.2 Å². The highest BCUT2D eigenvalue weighted by molar-refractivity contribution is 7.92. The first-order valence-corrected chi connectivity index (χ1v) is 10.6. The second kappa shape index (κ2) is 6.64. The van der Waals surface area contributed by atoms with Crippen LogP contribution < -0.4 is 0 Å². The van der Waals surface area contributed by atoms with Gasteiger partial charge in [0.2, 0.25) is 10.0 Å². The summed E-state index contributed by atoms with van der Waals surface area (Å²) in [4.78, 5) is -0.477. The molecule has 0 spiro atoms. The standard InChI is InChI=1S/C14H18F3NO4S2/c1-2-7-18(12-6-8-23(19,20)10-12)24(21,22)13-5-3-4-11(9-13)14(15,16)17/h3-5,9,12H,2,6-8,10H2,1H3. The van der Waals surface area contributed by atoms with Crippen molar-refractivity contribution >= 4 is 19.9 Å². The van der Waals surface area contributed by atoms with E-state index >= 15 is 0 Å². The molecule has 136 valence electrons. The maximum Gasteiger partial charge on any atom is 0.416 e. The third-order valence-electron chi connectivity index (χ3n) is 3.83. The molecule has 24 heavy (non-hydrogen) atoms. The van der Waals surface area contributed by atoms with E-state index < -0.39 is 42.5 Å². The Morgan fingerprint density at radius 1 is 1.29 bits per heavy atom. The summed E-state index contributed by atoms with van der Waals surface area (Å²) in [6.07, 6.45) is -4.08. The van der Waals surface area contributed by atoms with Gasteiger partial charge in [0.25, 0.3) is 0 Å². The van der Waals surface area contributed by atoms with Crippen LogP contribution in [0.3, 0.4) is 0 Å². The summed E-state index contributed by atoms with van der Waals surface area (Å²) in [6.45, 7) is 1.77. The van der Waals surface area contributed by atoms with E-state index in [1.54, 1.807) is 6.92 Å². The van der Waals surface area contributed by atoms with Crippen molar-refractivity contribution in [2.75, 3.05) is 18.1 Å². The molecule has 0 amide bonds.